The zero-order valence-corrected chi connectivity index (χ0v) is 12.2. The maximum absolute atomic E-state index is 14.4. The van der Waals surface area contributed by atoms with Gasteiger partial charge in [-0.05, 0) is 20.8 Å². The number of likely N-dealkylation sites (tertiary alicyclic amines) is 1. The standard InChI is InChI=1S/C13H21FN2O4/c1-13(2,3)20-12(18)16-8-6-15-5-7(8)9(14)10(16)11(17)19-4/h7-10,15H,5-6H2,1-4H3/t7-,8+,9-,10+/m0/s1. The maximum atomic E-state index is 14.4. The number of fused-ring (bicyclic) bond motifs is 1. The Kier molecular flexibility index (Phi) is 3.90. The average Bonchev–Trinajstić information content (AvgIpc) is 2.88. The molecule has 2 fully saturated rings. The van der Waals surface area contributed by atoms with Crippen LogP contribution in [-0.2, 0) is 14.3 Å². The van der Waals surface area contributed by atoms with E-state index in [0.717, 1.165) is 0 Å². The number of nitrogens with one attached hydrogen (secondary N) is 1. The van der Waals surface area contributed by atoms with Crippen LogP contribution in [0.25, 0.3) is 0 Å². The van der Waals surface area contributed by atoms with Crippen LogP contribution in [0.1, 0.15) is 20.8 Å². The van der Waals surface area contributed by atoms with Gasteiger partial charge in [0.1, 0.15) is 11.8 Å². The number of nitrogens with zero attached hydrogens (tertiary/aromatic N) is 1. The second kappa shape index (κ2) is 5.20. The first-order valence-electron chi connectivity index (χ1n) is 6.70. The molecule has 0 spiro atoms. The first-order chi connectivity index (χ1) is 9.26. The van der Waals surface area contributed by atoms with Crippen molar-refractivity contribution in [2.45, 2.75) is 44.6 Å². The molecule has 0 bridgehead atoms. The van der Waals surface area contributed by atoms with E-state index < -0.39 is 35.8 Å². The molecule has 2 aliphatic rings. The number of ether oxygens (including phenoxy) is 2. The molecule has 0 aliphatic carbocycles. The molecular formula is C13H21FN2O4. The van der Waals surface area contributed by atoms with Crippen LogP contribution in [0.3, 0.4) is 0 Å². The number of carbonyl (C=O) groups is 2. The van der Waals surface area contributed by atoms with Gasteiger partial charge in [-0.3, -0.25) is 4.90 Å². The largest absolute Gasteiger partial charge is 0.467 e. The third-order valence-electron chi connectivity index (χ3n) is 3.64. The third-order valence-corrected chi connectivity index (χ3v) is 3.64. The quantitative estimate of drug-likeness (QED) is 0.720. The predicted molar refractivity (Wildman–Crippen MR) is 68.9 cm³/mol. The van der Waals surface area contributed by atoms with Crippen molar-refractivity contribution in [3.8, 4) is 0 Å². The molecule has 2 heterocycles. The lowest BCUT2D eigenvalue weighted by molar-refractivity contribution is -0.147. The number of esters is 1. The summed E-state index contributed by atoms with van der Waals surface area (Å²) in [4.78, 5) is 25.3. The number of rotatable bonds is 1. The molecule has 0 unspecified atom stereocenters. The first kappa shape index (κ1) is 15.0. The average molecular weight is 288 g/mol. The number of halogens is 1. The van der Waals surface area contributed by atoms with E-state index in [9.17, 15) is 14.0 Å². The zero-order chi connectivity index (χ0) is 15.1. The van der Waals surface area contributed by atoms with Crippen molar-refractivity contribution in [1.82, 2.24) is 10.2 Å². The van der Waals surface area contributed by atoms with E-state index in [-0.39, 0.29) is 6.04 Å². The molecule has 2 saturated heterocycles. The topological polar surface area (TPSA) is 67.9 Å². The van der Waals surface area contributed by atoms with Crippen LogP contribution in [0.15, 0.2) is 0 Å². The van der Waals surface area contributed by atoms with Crippen LogP contribution >= 0.6 is 0 Å². The Labute approximate surface area is 117 Å². The van der Waals surface area contributed by atoms with Gasteiger partial charge in [-0.15, -0.1) is 0 Å². The maximum Gasteiger partial charge on any atom is 0.411 e. The van der Waals surface area contributed by atoms with Crippen LogP contribution in [0.2, 0.25) is 0 Å². The van der Waals surface area contributed by atoms with Gasteiger partial charge in [0.15, 0.2) is 6.04 Å². The number of hydrogen-bond donors (Lipinski definition) is 1. The minimum atomic E-state index is -1.44. The van der Waals surface area contributed by atoms with Crippen molar-refractivity contribution in [2.75, 3.05) is 20.2 Å². The summed E-state index contributed by atoms with van der Waals surface area (Å²) in [5.74, 6) is -1.13. The zero-order valence-electron chi connectivity index (χ0n) is 12.2. The summed E-state index contributed by atoms with van der Waals surface area (Å²) in [6.45, 7) is 6.08. The second-order valence-corrected chi connectivity index (χ2v) is 6.19. The lowest BCUT2D eigenvalue weighted by atomic mass is 10.0. The Morgan fingerprint density at radius 3 is 2.50 bits per heavy atom. The van der Waals surface area contributed by atoms with Gasteiger partial charge in [0.05, 0.1) is 13.2 Å². The summed E-state index contributed by atoms with van der Waals surface area (Å²) in [7, 11) is 1.19. The van der Waals surface area contributed by atoms with E-state index in [0.29, 0.717) is 13.1 Å². The van der Waals surface area contributed by atoms with Crippen molar-refractivity contribution in [1.29, 1.82) is 0 Å². The molecule has 2 aliphatic heterocycles. The summed E-state index contributed by atoms with van der Waals surface area (Å²) in [6, 6.07) is -1.59. The van der Waals surface area contributed by atoms with Gasteiger partial charge in [-0.25, -0.2) is 14.0 Å². The predicted octanol–water partition coefficient (Wildman–Crippen LogP) is 0.705. The molecule has 6 nitrogen and oxygen atoms in total. The highest BCUT2D eigenvalue weighted by molar-refractivity contribution is 5.83. The highest BCUT2D eigenvalue weighted by atomic mass is 19.1. The van der Waals surface area contributed by atoms with Crippen molar-refractivity contribution < 1.29 is 23.5 Å². The van der Waals surface area contributed by atoms with Crippen LogP contribution in [0, 0.1) is 5.92 Å². The summed E-state index contributed by atoms with van der Waals surface area (Å²) < 4.78 is 24.4. The molecule has 0 aromatic carbocycles. The Bertz CT molecular complexity index is 410. The monoisotopic (exact) mass is 288 g/mol. The molecule has 114 valence electrons. The Hall–Kier alpha value is -1.37. The van der Waals surface area contributed by atoms with Crippen molar-refractivity contribution >= 4 is 12.1 Å². The van der Waals surface area contributed by atoms with Gasteiger partial charge in [0, 0.05) is 19.0 Å². The Morgan fingerprint density at radius 1 is 1.30 bits per heavy atom. The molecular weight excluding hydrogens is 267 g/mol. The van der Waals surface area contributed by atoms with Crippen LogP contribution in [0.4, 0.5) is 9.18 Å². The Balaban J connectivity index is 2.25. The fraction of sp³-hybridized carbons (Fsp3) is 0.846. The number of methoxy groups -OCH3 is 1. The van der Waals surface area contributed by atoms with Gasteiger partial charge in [0.25, 0.3) is 0 Å². The summed E-state index contributed by atoms with van der Waals surface area (Å²) in [5, 5.41) is 3.04. The Morgan fingerprint density at radius 2 is 1.95 bits per heavy atom. The molecule has 1 N–H and O–H groups in total. The number of alkyl halides is 1. The minimum absolute atomic E-state index is 0.371. The van der Waals surface area contributed by atoms with Crippen molar-refractivity contribution in [2.24, 2.45) is 5.92 Å². The van der Waals surface area contributed by atoms with Gasteiger partial charge >= 0.3 is 12.1 Å². The molecule has 0 radical (unpaired) electrons. The number of hydrogen-bond acceptors (Lipinski definition) is 5. The van der Waals surface area contributed by atoms with Crippen LogP contribution in [0.5, 0.6) is 0 Å². The van der Waals surface area contributed by atoms with Crippen molar-refractivity contribution in [3.63, 3.8) is 0 Å². The van der Waals surface area contributed by atoms with Gasteiger partial charge < -0.3 is 14.8 Å². The molecule has 0 saturated carbocycles. The fourth-order valence-corrected chi connectivity index (χ4v) is 2.84. The van der Waals surface area contributed by atoms with E-state index in [4.69, 9.17) is 4.74 Å². The first-order valence-corrected chi connectivity index (χ1v) is 6.70. The van der Waals surface area contributed by atoms with Gasteiger partial charge in [0.2, 0.25) is 0 Å². The van der Waals surface area contributed by atoms with Gasteiger partial charge in [-0.1, -0.05) is 0 Å². The third kappa shape index (κ3) is 2.59. The van der Waals surface area contributed by atoms with Crippen molar-refractivity contribution in [3.05, 3.63) is 0 Å². The molecule has 0 aromatic rings. The number of amides is 1. The molecule has 1 amide bonds. The lowest BCUT2D eigenvalue weighted by Crippen LogP contribution is -2.50. The van der Waals surface area contributed by atoms with E-state index in [1.165, 1.54) is 12.0 Å². The second-order valence-electron chi connectivity index (χ2n) is 6.19. The summed E-state index contributed by atoms with van der Waals surface area (Å²) in [5.41, 5.74) is -0.701. The smallest absolute Gasteiger partial charge is 0.411 e. The van der Waals surface area contributed by atoms with Crippen LogP contribution < -0.4 is 5.32 Å². The van der Waals surface area contributed by atoms with E-state index in [1.54, 1.807) is 20.8 Å². The fourth-order valence-electron chi connectivity index (χ4n) is 2.84. The molecule has 20 heavy (non-hydrogen) atoms. The molecule has 0 aromatic heterocycles. The highest BCUT2D eigenvalue weighted by Crippen LogP contribution is 2.36. The van der Waals surface area contributed by atoms with E-state index >= 15 is 0 Å². The van der Waals surface area contributed by atoms with E-state index in [1.807, 2.05) is 0 Å². The SMILES string of the molecule is COC(=O)[C@H]1[C@@H](F)[C@H]2CNC[C@H]2N1C(=O)OC(C)(C)C. The normalized spacial score (nSPS) is 33.0. The lowest BCUT2D eigenvalue weighted by Gasteiger charge is -2.30. The molecule has 4 atom stereocenters. The summed E-state index contributed by atoms with van der Waals surface area (Å²) >= 11 is 0. The summed E-state index contributed by atoms with van der Waals surface area (Å²) in [6.07, 6.45) is -2.11. The number of carbonyl (C=O) groups excluding carboxylic acids is 2. The van der Waals surface area contributed by atoms with Crippen LogP contribution in [-0.4, -0.2) is 61.0 Å². The molecule has 2 rings (SSSR count). The highest BCUT2D eigenvalue weighted by Gasteiger charge is 2.57. The van der Waals surface area contributed by atoms with Gasteiger partial charge in [-0.2, -0.15) is 0 Å². The minimum Gasteiger partial charge on any atom is -0.467 e. The molecule has 7 heteroatoms. The van der Waals surface area contributed by atoms with E-state index in [2.05, 4.69) is 10.1 Å².